The summed E-state index contributed by atoms with van der Waals surface area (Å²) in [7, 11) is 0. The van der Waals surface area contributed by atoms with Gasteiger partial charge < -0.3 is 14.2 Å². The molecule has 1 atom stereocenters. The van der Waals surface area contributed by atoms with Crippen molar-refractivity contribution in [3.05, 3.63) is 11.7 Å². The molecule has 1 aromatic heterocycles. The van der Waals surface area contributed by atoms with Gasteiger partial charge >= 0.3 is 5.97 Å². The Morgan fingerprint density at radius 3 is 2.77 bits per heavy atom. The van der Waals surface area contributed by atoms with E-state index in [1.807, 2.05) is 20.8 Å². The van der Waals surface area contributed by atoms with Gasteiger partial charge in [-0.2, -0.15) is 4.98 Å². The van der Waals surface area contributed by atoms with Gasteiger partial charge in [0.15, 0.2) is 11.9 Å². The van der Waals surface area contributed by atoms with Gasteiger partial charge in [0.2, 0.25) is 0 Å². The van der Waals surface area contributed by atoms with Crippen molar-refractivity contribution < 1.29 is 18.8 Å². The van der Waals surface area contributed by atoms with Crippen molar-refractivity contribution in [3.63, 3.8) is 0 Å². The second kappa shape index (κ2) is 6.68. The summed E-state index contributed by atoms with van der Waals surface area (Å²) in [6.45, 7) is 8.68. The summed E-state index contributed by atoms with van der Waals surface area (Å²) in [5, 5.41) is 3.92. The molecule has 0 aliphatic carbocycles. The number of hydrogen-bond acceptors (Lipinski definition) is 7. The van der Waals surface area contributed by atoms with Gasteiger partial charge in [-0.15, -0.1) is 0 Å². The molecule has 1 saturated heterocycles. The zero-order valence-corrected chi connectivity index (χ0v) is 14.1. The van der Waals surface area contributed by atoms with Gasteiger partial charge in [0.25, 0.3) is 11.1 Å². The van der Waals surface area contributed by atoms with Gasteiger partial charge in [0.1, 0.15) is 0 Å². The zero-order valence-electron chi connectivity index (χ0n) is 13.3. The molecule has 7 nitrogen and oxygen atoms in total. The molecule has 2 rings (SSSR count). The Morgan fingerprint density at radius 2 is 2.23 bits per heavy atom. The number of amides is 1. The van der Waals surface area contributed by atoms with Crippen molar-refractivity contribution in [1.82, 2.24) is 15.0 Å². The molecule has 0 spiro atoms. The van der Waals surface area contributed by atoms with Gasteiger partial charge in [0.05, 0.1) is 6.42 Å². The van der Waals surface area contributed by atoms with Crippen LogP contribution in [0.15, 0.2) is 4.52 Å². The largest absolute Gasteiger partial charge is 0.452 e. The first kappa shape index (κ1) is 16.8. The Morgan fingerprint density at radius 1 is 1.50 bits per heavy atom. The Labute approximate surface area is 133 Å². The summed E-state index contributed by atoms with van der Waals surface area (Å²) in [5.74, 6) is 1.26. The highest BCUT2D eigenvalue weighted by molar-refractivity contribution is 8.13. The first-order valence-electron chi connectivity index (χ1n) is 7.22. The number of carbonyl (C=O) groups is 2. The molecule has 0 bridgehead atoms. The summed E-state index contributed by atoms with van der Waals surface area (Å²) in [5.41, 5.74) is -0.223. The van der Waals surface area contributed by atoms with Crippen LogP contribution >= 0.6 is 11.8 Å². The Bertz CT molecular complexity index is 553. The lowest BCUT2D eigenvalue weighted by Gasteiger charge is -2.15. The molecule has 1 aromatic rings. The van der Waals surface area contributed by atoms with E-state index in [0.717, 1.165) is 5.75 Å². The minimum absolute atomic E-state index is 0.0209. The van der Waals surface area contributed by atoms with Crippen LogP contribution in [0.4, 0.5) is 4.79 Å². The lowest BCUT2D eigenvalue weighted by molar-refractivity contribution is -0.149. The summed E-state index contributed by atoms with van der Waals surface area (Å²) in [6.07, 6.45) is -0.434. The number of nitrogens with zero attached hydrogens (tertiary/aromatic N) is 3. The topological polar surface area (TPSA) is 85.5 Å². The fourth-order valence-electron chi connectivity index (χ4n) is 1.87. The van der Waals surface area contributed by atoms with Crippen LogP contribution < -0.4 is 0 Å². The predicted octanol–water partition coefficient (Wildman–Crippen LogP) is 2.53. The van der Waals surface area contributed by atoms with Crippen LogP contribution in [0.5, 0.6) is 0 Å². The number of thioether (sulfide) groups is 1. The SMILES string of the molecule is CC(OC(=O)CCN1CCSC1=O)c1nc(C(C)(C)C)no1. The Kier molecular flexibility index (Phi) is 5.10. The number of carbonyl (C=O) groups excluding carboxylic acids is 2. The molecular weight excluding hydrogens is 306 g/mol. The van der Waals surface area contributed by atoms with Crippen molar-refractivity contribution in [2.75, 3.05) is 18.8 Å². The molecule has 1 amide bonds. The number of hydrogen-bond donors (Lipinski definition) is 0. The normalized spacial score (nSPS) is 16.9. The molecule has 1 fully saturated rings. The van der Waals surface area contributed by atoms with E-state index in [0.29, 0.717) is 18.9 Å². The molecule has 8 heteroatoms. The number of ether oxygens (including phenoxy) is 1. The van der Waals surface area contributed by atoms with Crippen LogP contribution in [0.25, 0.3) is 0 Å². The average molecular weight is 327 g/mol. The fraction of sp³-hybridized carbons (Fsp3) is 0.714. The smallest absolute Gasteiger partial charge is 0.308 e. The lowest BCUT2D eigenvalue weighted by atomic mass is 9.96. The first-order chi connectivity index (χ1) is 10.3. The molecule has 0 aromatic carbocycles. The minimum Gasteiger partial charge on any atom is -0.452 e. The second-order valence-electron chi connectivity index (χ2n) is 6.19. The molecule has 122 valence electrons. The van der Waals surface area contributed by atoms with Crippen LogP contribution in [-0.4, -0.2) is 45.1 Å². The first-order valence-corrected chi connectivity index (χ1v) is 8.21. The zero-order chi connectivity index (χ0) is 16.3. The van der Waals surface area contributed by atoms with E-state index in [1.165, 1.54) is 11.8 Å². The quantitative estimate of drug-likeness (QED) is 0.768. The summed E-state index contributed by atoms with van der Waals surface area (Å²) in [6, 6.07) is 0. The van der Waals surface area contributed by atoms with Crippen molar-refractivity contribution in [1.29, 1.82) is 0 Å². The molecule has 22 heavy (non-hydrogen) atoms. The summed E-state index contributed by atoms with van der Waals surface area (Å²) in [4.78, 5) is 29.2. The van der Waals surface area contributed by atoms with Crippen LogP contribution in [0, 0.1) is 0 Å². The van der Waals surface area contributed by atoms with Crippen LogP contribution in [-0.2, 0) is 14.9 Å². The van der Waals surface area contributed by atoms with Gasteiger partial charge in [-0.05, 0) is 6.92 Å². The van der Waals surface area contributed by atoms with Crippen LogP contribution in [0.1, 0.15) is 51.9 Å². The van der Waals surface area contributed by atoms with E-state index in [-0.39, 0.29) is 28.9 Å². The van der Waals surface area contributed by atoms with E-state index in [1.54, 1.807) is 11.8 Å². The number of esters is 1. The maximum atomic E-state index is 11.8. The van der Waals surface area contributed by atoms with Crippen molar-refractivity contribution in [2.24, 2.45) is 0 Å². The highest BCUT2D eigenvalue weighted by Crippen LogP contribution is 2.23. The fourth-order valence-corrected chi connectivity index (χ4v) is 2.72. The molecular formula is C14H21N3O4S. The molecule has 0 saturated carbocycles. The predicted molar refractivity (Wildman–Crippen MR) is 81.5 cm³/mol. The van der Waals surface area contributed by atoms with Crippen LogP contribution in [0.2, 0.25) is 0 Å². The monoisotopic (exact) mass is 327 g/mol. The molecule has 0 radical (unpaired) electrons. The molecule has 1 unspecified atom stereocenters. The maximum absolute atomic E-state index is 11.8. The number of aromatic nitrogens is 2. The van der Waals surface area contributed by atoms with Gasteiger partial charge in [-0.3, -0.25) is 9.59 Å². The third kappa shape index (κ3) is 4.22. The van der Waals surface area contributed by atoms with Crippen LogP contribution in [0.3, 0.4) is 0 Å². The Hall–Kier alpha value is -1.57. The van der Waals surface area contributed by atoms with Gasteiger partial charge in [-0.25, -0.2) is 0 Å². The molecule has 2 heterocycles. The van der Waals surface area contributed by atoms with E-state index in [4.69, 9.17) is 9.26 Å². The van der Waals surface area contributed by atoms with E-state index < -0.39 is 6.10 Å². The Balaban J connectivity index is 1.83. The lowest BCUT2D eigenvalue weighted by Crippen LogP contribution is -2.26. The van der Waals surface area contributed by atoms with E-state index >= 15 is 0 Å². The minimum atomic E-state index is -0.597. The van der Waals surface area contributed by atoms with Gasteiger partial charge in [0, 0.05) is 24.3 Å². The third-order valence-electron chi connectivity index (χ3n) is 3.20. The van der Waals surface area contributed by atoms with Gasteiger partial charge in [-0.1, -0.05) is 37.7 Å². The van der Waals surface area contributed by atoms with Crippen molar-refractivity contribution in [3.8, 4) is 0 Å². The third-order valence-corrected chi connectivity index (χ3v) is 4.09. The molecule has 0 N–H and O–H groups in total. The van der Waals surface area contributed by atoms with E-state index in [9.17, 15) is 9.59 Å². The number of rotatable bonds is 5. The summed E-state index contributed by atoms with van der Waals surface area (Å²) < 4.78 is 10.4. The van der Waals surface area contributed by atoms with E-state index in [2.05, 4.69) is 10.1 Å². The average Bonchev–Trinajstić information content (AvgIpc) is 3.04. The second-order valence-corrected chi connectivity index (χ2v) is 7.24. The molecule has 1 aliphatic heterocycles. The highest BCUT2D eigenvalue weighted by Gasteiger charge is 2.26. The maximum Gasteiger partial charge on any atom is 0.308 e. The molecule has 1 aliphatic rings. The standard InChI is InChI=1S/C14H21N3O4S/c1-9(11-15-12(16-21-11)14(2,3)4)20-10(18)5-6-17-7-8-22-13(17)19/h9H,5-8H2,1-4H3. The van der Waals surface area contributed by atoms with Crippen molar-refractivity contribution in [2.45, 2.75) is 45.6 Å². The van der Waals surface area contributed by atoms with Crippen molar-refractivity contribution >= 4 is 23.0 Å². The summed E-state index contributed by atoms with van der Waals surface area (Å²) >= 11 is 1.27. The highest BCUT2D eigenvalue weighted by atomic mass is 32.2.